The van der Waals surface area contributed by atoms with Crippen LogP contribution >= 0.6 is 23.4 Å². The molecule has 0 aliphatic rings. The first-order valence-corrected chi connectivity index (χ1v) is 13.4. The maximum atomic E-state index is 11.3. The molecule has 210 valence electrons. The van der Waals surface area contributed by atoms with Gasteiger partial charge in [0.2, 0.25) is 0 Å². The number of carbonyl (C=O) groups is 2. The second-order valence-electron chi connectivity index (χ2n) is 8.25. The van der Waals surface area contributed by atoms with Crippen molar-refractivity contribution < 1.29 is 14.7 Å². The lowest BCUT2D eigenvalue weighted by atomic mass is 10.1. The number of aliphatic hydroxyl groups excluding tert-OH is 1. The molecule has 0 bridgehead atoms. The van der Waals surface area contributed by atoms with Crippen molar-refractivity contribution in [3.8, 4) is 0 Å². The van der Waals surface area contributed by atoms with E-state index in [4.69, 9.17) is 28.2 Å². The Kier molecular flexibility index (Phi) is 18.8. The molecule has 2 rings (SSSR count). The van der Waals surface area contributed by atoms with Crippen LogP contribution in [0.3, 0.4) is 0 Å². The minimum Gasteiger partial charge on any atom is -0.396 e. The van der Waals surface area contributed by atoms with Gasteiger partial charge in [-0.05, 0) is 63.2 Å². The number of carbonyl (C=O) groups excluding carboxylic acids is 2. The fourth-order valence-electron chi connectivity index (χ4n) is 3.19. The van der Waals surface area contributed by atoms with E-state index in [1.807, 2.05) is 19.2 Å². The summed E-state index contributed by atoms with van der Waals surface area (Å²) in [5.41, 5.74) is 13.7. The van der Waals surface area contributed by atoms with Crippen LogP contribution in [0.25, 0.3) is 5.70 Å². The number of benzene rings is 1. The minimum atomic E-state index is -0.624. The molecule has 0 spiro atoms. The molecule has 1 heterocycles. The second kappa shape index (κ2) is 20.2. The molecule has 6 N–H and O–H groups in total. The Hall–Kier alpha value is -2.76. The monoisotopic (exact) mass is 564 g/mol. The summed E-state index contributed by atoms with van der Waals surface area (Å²) in [6, 6.07) is 7.58. The summed E-state index contributed by atoms with van der Waals surface area (Å²) in [6.45, 7) is 10.7. The smallest absolute Gasteiger partial charge is 0.265 e. The Balaban J connectivity index is 0.000000587. The SMILES string of the molecule is C/C=C(\C(N)=O)n1cc(Cl)cc(C=O)c1=NC.C=Nc1ccc(CNC)cc1SCN.CC(C)CCCO. The molecule has 0 fully saturated rings. The normalized spacial score (nSPS) is 11.3. The molecule has 0 unspecified atom stereocenters. The van der Waals surface area contributed by atoms with Crippen LogP contribution in [-0.4, -0.2) is 55.2 Å². The van der Waals surface area contributed by atoms with Gasteiger partial charge in [0, 0.05) is 37.2 Å². The van der Waals surface area contributed by atoms with Gasteiger partial charge in [-0.2, -0.15) is 0 Å². The van der Waals surface area contributed by atoms with E-state index < -0.39 is 5.91 Å². The molecule has 0 aliphatic heterocycles. The van der Waals surface area contributed by atoms with E-state index in [9.17, 15) is 9.59 Å². The Morgan fingerprint density at radius 1 is 1.34 bits per heavy atom. The number of aromatic nitrogens is 1. The Morgan fingerprint density at radius 3 is 2.45 bits per heavy atom. The highest BCUT2D eigenvalue weighted by molar-refractivity contribution is 7.99. The highest BCUT2D eigenvalue weighted by atomic mass is 35.5. The number of thioether (sulfide) groups is 1. The van der Waals surface area contributed by atoms with Gasteiger partial charge in [-0.15, -0.1) is 11.8 Å². The second-order valence-corrected chi connectivity index (χ2v) is 9.75. The fourth-order valence-corrected chi connectivity index (χ4v) is 4.10. The van der Waals surface area contributed by atoms with E-state index in [0.29, 0.717) is 34.8 Å². The van der Waals surface area contributed by atoms with Crippen LogP contribution < -0.4 is 22.3 Å². The number of allylic oxidation sites excluding steroid dienone is 1. The Labute approximate surface area is 235 Å². The number of amides is 1. The molecule has 0 atom stereocenters. The van der Waals surface area contributed by atoms with Crippen LogP contribution in [0.4, 0.5) is 5.69 Å². The number of aliphatic hydroxyl groups is 1. The first-order valence-electron chi connectivity index (χ1n) is 12.1. The Morgan fingerprint density at radius 2 is 2.03 bits per heavy atom. The summed E-state index contributed by atoms with van der Waals surface area (Å²) in [5.74, 6) is 0.680. The predicted octanol–water partition coefficient (Wildman–Crippen LogP) is 3.99. The lowest BCUT2D eigenvalue weighted by Gasteiger charge is -2.10. The van der Waals surface area contributed by atoms with Gasteiger partial charge in [0.05, 0.1) is 16.3 Å². The first kappa shape index (κ1) is 35.2. The van der Waals surface area contributed by atoms with Crippen molar-refractivity contribution >= 4 is 53.7 Å². The maximum Gasteiger partial charge on any atom is 0.265 e. The third-order valence-corrected chi connectivity index (χ3v) is 5.92. The molecule has 0 aliphatic carbocycles. The molecule has 11 heteroatoms. The highest BCUT2D eigenvalue weighted by Crippen LogP contribution is 2.29. The number of nitrogens with one attached hydrogen (secondary N) is 1. The summed E-state index contributed by atoms with van der Waals surface area (Å²) in [6.07, 6.45) is 5.74. The van der Waals surface area contributed by atoms with Crippen LogP contribution in [0.2, 0.25) is 5.02 Å². The lowest BCUT2D eigenvalue weighted by Crippen LogP contribution is -2.29. The molecule has 0 saturated heterocycles. The van der Waals surface area contributed by atoms with E-state index >= 15 is 0 Å². The number of aldehydes is 1. The molecule has 0 saturated carbocycles. The third kappa shape index (κ3) is 12.7. The van der Waals surface area contributed by atoms with Gasteiger partial charge in [-0.1, -0.05) is 37.6 Å². The first-order chi connectivity index (χ1) is 18.1. The zero-order valence-electron chi connectivity index (χ0n) is 22.9. The van der Waals surface area contributed by atoms with E-state index in [1.165, 1.54) is 35.5 Å². The number of hydrogen-bond donors (Lipinski definition) is 4. The summed E-state index contributed by atoms with van der Waals surface area (Å²) in [5, 5.41) is 11.7. The third-order valence-electron chi connectivity index (χ3n) is 4.91. The van der Waals surface area contributed by atoms with Crippen LogP contribution in [0.5, 0.6) is 0 Å². The molecule has 38 heavy (non-hydrogen) atoms. The number of hydrogen-bond acceptors (Lipinski definition) is 8. The average Bonchev–Trinajstić information content (AvgIpc) is 2.88. The Bertz CT molecular complexity index is 1130. The van der Waals surface area contributed by atoms with E-state index in [0.717, 1.165) is 35.9 Å². The van der Waals surface area contributed by atoms with Gasteiger partial charge in [-0.3, -0.25) is 24.1 Å². The van der Waals surface area contributed by atoms with Crippen LogP contribution in [0.1, 0.15) is 49.5 Å². The number of nitrogens with zero attached hydrogens (tertiary/aromatic N) is 3. The number of primary amides is 1. The van der Waals surface area contributed by atoms with Crippen molar-refractivity contribution in [3.05, 3.63) is 58.2 Å². The van der Waals surface area contributed by atoms with Crippen molar-refractivity contribution in [2.45, 2.75) is 45.1 Å². The topological polar surface area (TPSA) is 148 Å². The van der Waals surface area contributed by atoms with Gasteiger partial charge in [0.15, 0.2) is 6.29 Å². The highest BCUT2D eigenvalue weighted by Gasteiger charge is 2.10. The summed E-state index contributed by atoms with van der Waals surface area (Å²) >= 11 is 7.45. The quantitative estimate of drug-likeness (QED) is 0.107. The van der Waals surface area contributed by atoms with Crippen molar-refractivity contribution in [1.29, 1.82) is 0 Å². The number of halogens is 1. The summed E-state index contributed by atoms with van der Waals surface area (Å²) < 4.78 is 1.40. The number of rotatable bonds is 11. The zero-order valence-corrected chi connectivity index (χ0v) is 24.5. The minimum absolute atomic E-state index is 0.205. The largest absolute Gasteiger partial charge is 0.396 e. The number of aliphatic imine (C=N–C) groups is 1. The van der Waals surface area contributed by atoms with Gasteiger partial charge in [0.25, 0.3) is 5.91 Å². The van der Waals surface area contributed by atoms with Crippen molar-refractivity contribution in [2.75, 3.05) is 26.6 Å². The van der Waals surface area contributed by atoms with Crippen LogP contribution in [0, 0.1) is 5.92 Å². The van der Waals surface area contributed by atoms with Gasteiger partial charge in [-0.25, -0.2) is 0 Å². The zero-order chi connectivity index (χ0) is 29.1. The van der Waals surface area contributed by atoms with E-state index in [2.05, 4.69) is 41.9 Å². The number of pyridine rings is 1. The molecular formula is C27H41ClN6O3S. The standard InChI is InChI=1S/C11H12ClN3O2.C10H15N3S.C6H14O/c1-3-9(10(13)17)15-5-8(12)4-7(6-16)11(15)14-2;1-12-6-8-3-4-9(13-2)10(5-8)14-7-11;1-6(2)4-3-5-7/h3-6H,1-2H3,(H2,13,17);3-5,12H,2,6-7,11H2,1H3;6-7H,3-5H2,1-2H3/b9-3+,14-11?;;. The van der Waals surface area contributed by atoms with E-state index in [1.54, 1.807) is 18.7 Å². The molecule has 1 aromatic carbocycles. The number of nitrogens with two attached hydrogens (primary N) is 2. The van der Waals surface area contributed by atoms with Crippen LogP contribution in [0.15, 0.2) is 51.4 Å². The van der Waals surface area contributed by atoms with Gasteiger partial charge < -0.3 is 21.9 Å². The van der Waals surface area contributed by atoms with Gasteiger partial charge in [0.1, 0.15) is 11.2 Å². The lowest BCUT2D eigenvalue weighted by molar-refractivity contribution is -0.113. The molecule has 0 radical (unpaired) electrons. The van der Waals surface area contributed by atoms with Crippen LogP contribution in [-0.2, 0) is 11.3 Å². The maximum absolute atomic E-state index is 11.3. The molecule has 2 aromatic rings. The fraction of sp³-hybridized carbons (Fsp3) is 0.407. The van der Waals surface area contributed by atoms with Crippen molar-refractivity contribution in [2.24, 2.45) is 27.4 Å². The summed E-state index contributed by atoms with van der Waals surface area (Å²) in [7, 11) is 3.44. The average molecular weight is 565 g/mol. The molecule has 9 nitrogen and oxygen atoms in total. The van der Waals surface area contributed by atoms with Gasteiger partial charge >= 0.3 is 0 Å². The predicted molar refractivity (Wildman–Crippen MR) is 160 cm³/mol. The molecular weight excluding hydrogens is 524 g/mol. The van der Waals surface area contributed by atoms with Crippen molar-refractivity contribution in [3.63, 3.8) is 0 Å². The van der Waals surface area contributed by atoms with E-state index in [-0.39, 0.29) is 5.70 Å². The molecule has 1 amide bonds. The van der Waals surface area contributed by atoms with Crippen molar-refractivity contribution in [1.82, 2.24) is 9.88 Å². The molecule has 1 aromatic heterocycles. The summed E-state index contributed by atoms with van der Waals surface area (Å²) in [4.78, 5) is 31.2.